The van der Waals surface area contributed by atoms with Crippen LogP contribution in [0.1, 0.15) is 99.8 Å². The van der Waals surface area contributed by atoms with Crippen molar-refractivity contribution in [1.82, 2.24) is 0 Å². The Labute approximate surface area is 230 Å². The second kappa shape index (κ2) is 14.1. The predicted octanol–water partition coefficient (Wildman–Crippen LogP) is 9.70. The molecule has 2 aromatic rings. The van der Waals surface area contributed by atoms with E-state index in [9.17, 15) is 0 Å². The second-order valence-corrected chi connectivity index (χ2v) is 19.1. The van der Waals surface area contributed by atoms with Gasteiger partial charge in [0, 0.05) is 17.1 Å². The van der Waals surface area contributed by atoms with Crippen molar-refractivity contribution in [3.63, 3.8) is 0 Å². The third-order valence-electron chi connectivity index (χ3n) is 7.65. The Morgan fingerprint density at radius 2 is 1.03 bits per heavy atom. The van der Waals surface area contributed by atoms with E-state index < -0.39 is 0 Å². The van der Waals surface area contributed by atoms with Crippen LogP contribution in [0.5, 0.6) is 0 Å². The number of benzene rings is 2. The van der Waals surface area contributed by atoms with Crippen LogP contribution < -0.4 is 10.6 Å². The molecule has 4 rings (SSSR count). The molecule has 2 saturated carbocycles. The summed E-state index contributed by atoms with van der Waals surface area (Å²) in [5, 5.41) is 3.90. The first-order valence-corrected chi connectivity index (χ1v) is 16.6. The number of rotatable bonds is 5. The maximum atomic E-state index is 2.58. The van der Waals surface area contributed by atoms with Crippen LogP contribution in [0, 0.1) is 5.92 Å². The molecule has 35 heavy (non-hydrogen) atoms. The molecule has 2 aliphatic carbocycles. The van der Waals surface area contributed by atoms with Crippen LogP contribution in [0.3, 0.4) is 0 Å². The molecule has 0 bridgehead atoms. The third kappa shape index (κ3) is 8.68. The summed E-state index contributed by atoms with van der Waals surface area (Å²) in [6.45, 7) is 17.6. The minimum Gasteiger partial charge on any atom is -0.0921 e. The van der Waals surface area contributed by atoms with Gasteiger partial charge in [-0.05, 0) is 58.9 Å². The molecule has 0 heterocycles. The van der Waals surface area contributed by atoms with E-state index in [-0.39, 0.29) is 32.9 Å². The van der Waals surface area contributed by atoms with Crippen molar-refractivity contribution in [1.29, 1.82) is 0 Å². The van der Waals surface area contributed by atoms with Gasteiger partial charge < -0.3 is 0 Å². The van der Waals surface area contributed by atoms with Crippen molar-refractivity contribution in [2.45, 2.75) is 121 Å². The first kappa shape index (κ1) is 31.0. The van der Waals surface area contributed by atoms with Crippen LogP contribution in [-0.4, -0.2) is 21.6 Å². The molecular weight excluding hydrogens is 502 g/mol. The Balaban J connectivity index is 0.000000640. The average molecular weight is 553 g/mol. The molecule has 0 radical (unpaired) electrons. The molecule has 0 nitrogen and oxygen atoms in total. The van der Waals surface area contributed by atoms with Crippen LogP contribution in [0.4, 0.5) is 0 Å². The summed E-state index contributed by atoms with van der Waals surface area (Å²) in [5.41, 5.74) is 1.61. The van der Waals surface area contributed by atoms with Crippen molar-refractivity contribution in [3.05, 3.63) is 60.7 Å². The van der Waals surface area contributed by atoms with Gasteiger partial charge in [-0.2, -0.15) is 0 Å². The summed E-state index contributed by atoms with van der Waals surface area (Å²) in [7, 11) is -0.404. The summed E-state index contributed by atoms with van der Waals surface area (Å²) < 4.78 is 0. The van der Waals surface area contributed by atoms with Crippen LogP contribution >= 0.6 is 15.8 Å². The van der Waals surface area contributed by atoms with E-state index in [1.807, 2.05) is 0 Å². The van der Waals surface area contributed by atoms with Gasteiger partial charge in [0.15, 0.2) is 0 Å². The number of hydrogen-bond donors (Lipinski definition) is 0. The molecule has 2 aliphatic rings. The molecule has 3 atom stereocenters. The van der Waals surface area contributed by atoms with Crippen LogP contribution in [0.15, 0.2) is 60.7 Å². The SMILES string of the molecule is C1CCCC1.C[C@H](C1CCCC1P(C(C)(C)C)C(C)(C)C)P(c1ccccc1)c1ccccc1.[Fe]. The first-order valence-electron chi connectivity index (χ1n) is 13.8. The molecule has 0 N–H and O–H groups in total. The Hall–Kier alpha value is -0.181. The van der Waals surface area contributed by atoms with E-state index in [4.69, 9.17) is 0 Å². The van der Waals surface area contributed by atoms with E-state index in [0.717, 1.165) is 17.2 Å². The van der Waals surface area contributed by atoms with E-state index in [2.05, 4.69) is 109 Å². The molecule has 2 fully saturated rings. The zero-order valence-electron chi connectivity index (χ0n) is 23.4. The number of hydrogen-bond acceptors (Lipinski definition) is 0. The van der Waals surface area contributed by atoms with Crippen LogP contribution in [-0.2, 0) is 17.1 Å². The summed E-state index contributed by atoms with van der Waals surface area (Å²) in [4.78, 5) is 0. The van der Waals surface area contributed by atoms with E-state index in [1.165, 1.54) is 51.4 Å². The van der Waals surface area contributed by atoms with Gasteiger partial charge in [-0.3, -0.25) is 0 Å². The smallest absolute Gasteiger partial charge is 0 e. The van der Waals surface area contributed by atoms with Gasteiger partial charge in [-0.25, -0.2) is 0 Å². The topological polar surface area (TPSA) is 0 Å². The maximum absolute atomic E-state index is 2.58. The van der Waals surface area contributed by atoms with Gasteiger partial charge in [0.2, 0.25) is 0 Å². The first-order chi connectivity index (χ1) is 16.1. The quantitative estimate of drug-likeness (QED) is 0.256. The largest absolute Gasteiger partial charge is 0.0921 e. The Bertz CT molecular complexity index is 772. The van der Waals surface area contributed by atoms with Crippen molar-refractivity contribution >= 4 is 26.5 Å². The van der Waals surface area contributed by atoms with Crippen LogP contribution in [0.2, 0.25) is 0 Å². The molecule has 2 aromatic carbocycles. The monoisotopic (exact) mass is 552 g/mol. The van der Waals surface area contributed by atoms with Crippen molar-refractivity contribution in [3.8, 4) is 0 Å². The van der Waals surface area contributed by atoms with Gasteiger partial charge >= 0.3 is 0 Å². The predicted molar refractivity (Wildman–Crippen MR) is 159 cm³/mol. The van der Waals surface area contributed by atoms with E-state index >= 15 is 0 Å². The molecule has 0 spiro atoms. The van der Waals surface area contributed by atoms with Crippen molar-refractivity contribution in [2.75, 3.05) is 0 Å². The minimum atomic E-state index is -0.336. The molecule has 0 aromatic heterocycles. The summed E-state index contributed by atoms with van der Waals surface area (Å²) in [6.07, 6.45) is 11.8. The fourth-order valence-electron chi connectivity index (χ4n) is 6.73. The van der Waals surface area contributed by atoms with Crippen molar-refractivity contribution < 1.29 is 17.1 Å². The summed E-state index contributed by atoms with van der Waals surface area (Å²) in [5.74, 6) is 0.839. The van der Waals surface area contributed by atoms with Crippen molar-refractivity contribution in [2.24, 2.45) is 5.92 Å². The second-order valence-electron chi connectivity index (χ2n) is 12.4. The molecule has 3 heteroatoms. The van der Waals surface area contributed by atoms with Gasteiger partial charge in [0.05, 0.1) is 0 Å². The van der Waals surface area contributed by atoms with E-state index in [0.29, 0.717) is 10.3 Å². The molecule has 0 aliphatic heterocycles. The Kier molecular flexibility index (Phi) is 12.5. The van der Waals surface area contributed by atoms with Gasteiger partial charge in [-0.15, -0.1) is 0 Å². The van der Waals surface area contributed by atoms with Crippen LogP contribution in [0.25, 0.3) is 0 Å². The van der Waals surface area contributed by atoms with Gasteiger partial charge in [-0.1, -0.05) is 156 Å². The summed E-state index contributed by atoms with van der Waals surface area (Å²) >= 11 is 0. The molecule has 2 unspecified atom stereocenters. The molecular formula is C32H50FeP2. The zero-order valence-corrected chi connectivity index (χ0v) is 26.3. The Morgan fingerprint density at radius 3 is 1.40 bits per heavy atom. The minimum absolute atomic E-state index is 0. The van der Waals surface area contributed by atoms with Gasteiger partial charge in [0.1, 0.15) is 0 Å². The van der Waals surface area contributed by atoms with Gasteiger partial charge in [0.25, 0.3) is 0 Å². The normalized spacial score (nSPS) is 21.4. The standard InChI is InChI=1S/C27H40P2.C5H10.Fe/c1-21(24-19-14-20-25(24)29(26(2,3)4)27(5,6)7)28(22-15-10-8-11-16-22)23-17-12-9-13-18-23;1-2-4-5-3-1;/h8-13,15-18,21,24-25H,14,19-20H2,1-7H3;1-5H2;/t21-,24?,25?;;/m1../s1. The zero-order chi connectivity index (χ0) is 24.8. The fourth-order valence-corrected chi connectivity index (χ4v) is 15.1. The average Bonchev–Trinajstić information content (AvgIpc) is 3.49. The molecule has 0 amide bonds. The summed E-state index contributed by atoms with van der Waals surface area (Å²) in [6, 6.07) is 22.7. The Morgan fingerprint density at radius 1 is 0.629 bits per heavy atom. The molecule has 0 saturated heterocycles. The molecule has 196 valence electrons. The maximum Gasteiger partial charge on any atom is 0 e. The fraction of sp³-hybridized carbons (Fsp3) is 0.625. The third-order valence-corrected chi connectivity index (χ3v) is 14.8. The van der Waals surface area contributed by atoms with E-state index in [1.54, 1.807) is 10.6 Å².